The Labute approximate surface area is 151 Å². The highest BCUT2D eigenvalue weighted by Crippen LogP contribution is 2.30. The molecule has 1 aromatic heterocycles. The standard InChI is InChI=1S/C20H21FN2O3/c1-13-18-16(24)7-4-8-17(18)26-19(13)20(25)23-11-9-22(10-12-23)15-6-3-2-5-14(15)21/h2-3,5-6H,4,7-12H2,1H3. The third-order valence-corrected chi connectivity index (χ3v) is 5.26. The fraction of sp³-hybridized carbons (Fsp3) is 0.400. The number of furan rings is 1. The van der Waals surface area contributed by atoms with Crippen molar-refractivity contribution in [2.45, 2.75) is 26.2 Å². The molecule has 1 fully saturated rings. The molecule has 0 unspecified atom stereocenters. The van der Waals surface area contributed by atoms with Crippen molar-refractivity contribution < 1.29 is 18.4 Å². The third kappa shape index (κ3) is 2.79. The number of halogens is 1. The van der Waals surface area contributed by atoms with Crippen molar-refractivity contribution >= 4 is 17.4 Å². The van der Waals surface area contributed by atoms with Crippen molar-refractivity contribution in [3.8, 4) is 0 Å². The Balaban J connectivity index is 1.49. The zero-order chi connectivity index (χ0) is 18.3. The van der Waals surface area contributed by atoms with E-state index in [0.717, 1.165) is 6.42 Å². The number of amides is 1. The Hall–Kier alpha value is -2.63. The first-order valence-electron chi connectivity index (χ1n) is 9.00. The quantitative estimate of drug-likeness (QED) is 0.829. The Morgan fingerprint density at radius 2 is 1.85 bits per heavy atom. The number of rotatable bonds is 2. The van der Waals surface area contributed by atoms with E-state index in [1.807, 2.05) is 11.0 Å². The van der Waals surface area contributed by atoms with Crippen LogP contribution in [0.4, 0.5) is 10.1 Å². The van der Waals surface area contributed by atoms with Gasteiger partial charge in [-0.2, -0.15) is 0 Å². The predicted molar refractivity (Wildman–Crippen MR) is 95.2 cm³/mol. The number of fused-ring (bicyclic) bond motifs is 1. The maximum absolute atomic E-state index is 13.9. The molecule has 0 spiro atoms. The molecule has 1 amide bonds. The fourth-order valence-electron chi connectivity index (χ4n) is 3.85. The van der Waals surface area contributed by atoms with Crippen molar-refractivity contribution in [2.75, 3.05) is 31.1 Å². The van der Waals surface area contributed by atoms with E-state index in [2.05, 4.69) is 0 Å². The van der Waals surface area contributed by atoms with Gasteiger partial charge >= 0.3 is 0 Å². The molecule has 0 N–H and O–H groups in total. The number of hydrogen-bond donors (Lipinski definition) is 0. The lowest BCUT2D eigenvalue weighted by molar-refractivity contribution is 0.0711. The molecule has 2 heterocycles. The second-order valence-electron chi connectivity index (χ2n) is 6.86. The van der Waals surface area contributed by atoms with Gasteiger partial charge in [0.1, 0.15) is 11.6 Å². The summed E-state index contributed by atoms with van der Waals surface area (Å²) in [5.74, 6) is 0.561. The molecule has 1 saturated heterocycles. The van der Waals surface area contributed by atoms with Crippen molar-refractivity contribution in [3.05, 3.63) is 52.7 Å². The summed E-state index contributed by atoms with van der Waals surface area (Å²) >= 11 is 0. The number of carbonyl (C=O) groups is 2. The van der Waals surface area contributed by atoms with Gasteiger partial charge in [-0.3, -0.25) is 9.59 Å². The summed E-state index contributed by atoms with van der Waals surface area (Å²) in [6.45, 7) is 3.89. The average Bonchev–Trinajstić information content (AvgIpc) is 3.00. The number of anilines is 1. The molecule has 2 aromatic rings. The van der Waals surface area contributed by atoms with E-state index in [0.29, 0.717) is 61.6 Å². The van der Waals surface area contributed by atoms with Gasteiger partial charge in [-0.25, -0.2) is 4.39 Å². The first kappa shape index (κ1) is 16.8. The molecule has 2 aliphatic rings. The third-order valence-electron chi connectivity index (χ3n) is 5.26. The van der Waals surface area contributed by atoms with Crippen molar-refractivity contribution in [2.24, 2.45) is 0 Å². The van der Waals surface area contributed by atoms with Gasteiger partial charge < -0.3 is 14.2 Å². The number of nitrogens with zero attached hydrogens (tertiary/aromatic N) is 2. The smallest absolute Gasteiger partial charge is 0.289 e. The van der Waals surface area contributed by atoms with Crippen LogP contribution in [0.3, 0.4) is 0 Å². The minimum absolute atomic E-state index is 0.0657. The molecule has 6 heteroatoms. The summed E-state index contributed by atoms with van der Waals surface area (Å²) in [7, 11) is 0. The van der Waals surface area contributed by atoms with E-state index >= 15 is 0 Å². The van der Waals surface area contributed by atoms with Gasteiger partial charge in [0, 0.05) is 44.6 Å². The number of para-hydroxylation sites is 1. The molecule has 5 nitrogen and oxygen atoms in total. The number of aryl methyl sites for hydroxylation is 1. The second kappa shape index (κ2) is 6.59. The summed E-state index contributed by atoms with van der Waals surface area (Å²) in [5, 5.41) is 0. The Morgan fingerprint density at radius 1 is 1.12 bits per heavy atom. The van der Waals surface area contributed by atoms with Crippen LogP contribution in [-0.4, -0.2) is 42.8 Å². The van der Waals surface area contributed by atoms with E-state index in [4.69, 9.17) is 4.42 Å². The van der Waals surface area contributed by atoms with E-state index in [9.17, 15) is 14.0 Å². The molecule has 4 rings (SSSR count). The lowest BCUT2D eigenvalue weighted by Gasteiger charge is -2.35. The highest BCUT2D eigenvalue weighted by atomic mass is 19.1. The van der Waals surface area contributed by atoms with Crippen LogP contribution < -0.4 is 4.90 Å². The number of ketones is 1. The van der Waals surface area contributed by atoms with Crippen LogP contribution in [0.1, 0.15) is 45.1 Å². The highest BCUT2D eigenvalue weighted by molar-refractivity contribution is 6.03. The molecular formula is C20H21FN2O3. The van der Waals surface area contributed by atoms with E-state index in [1.165, 1.54) is 6.07 Å². The van der Waals surface area contributed by atoms with Gasteiger partial charge in [0.15, 0.2) is 11.5 Å². The Kier molecular flexibility index (Phi) is 4.26. The second-order valence-corrected chi connectivity index (χ2v) is 6.86. The van der Waals surface area contributed by atoms with Gasteiger partial charge in [-0.15, -0.1) is 0 Å². The molecule has 136 valence electrons. The topological polar surface area (TPSA) is 53.8 Å². The molecule has 0 atom stereocenters. The summed E-state index contributed by atoms with van der Waals surface area (Å²) < 4.78 is 19.7. The number of benzene rings is 1. The van der Waals surface area contributed by atoms with Crippen LogP contribution in [0, 0.1) is 12.7 Å². The zero-order valence-electron chi connectivity index (χ0n) is 14.8. The molecular weight excluding hydrogens is 335 g/mol. The highest BCUT2D eigenvalue weighted by Gasteiger charge is 2.32. The number of carbonyl (C=O) groups excluding carboxylic acids is 2. The van der Waals surface area contributed by atoms with Crippen LogP contribution in [0.25, 0.3) is 0 Å². The minimum atomic E-state index is -0.250. The summed E-state index contributed by atoms with van der Waals surface area (Å²) in [6.07, 6.45) is 1.99. The van der Waals surface area contributed by atoms with E-state index in [1.54, 1.807) is 24.0 Å². The first-order chi connectivity index (χ1) is 12.6. The molecule has 1 aliphatic carbocycles. The van der Waals surface area contributed by atoms with Crippen molar-refractivity contribution in [1.82, 2.24) is 4.90 Å². The first-order valence-corrected chi connectivity index (χ1v) is 9.00. The van der Waals surface area contributed by atoms with Gasteiger partial charge in [-0.05, 0) is 25.5 Å². The van der Waals surface area contributed by atoms with Gasteiger partial charge in [-0.1, -0.05) is 12.1 Å². The number of hydrogen-bond acceptors (Lipinski definition) is 4. The number of piperazine rings is 1. The van der Waals surface area contributed by atoms with Crippen LogP contribution in [0.15, 0.2) is 28.7 Å². The number of Topliss-reactive ketones (excluding diaryl/α,β-unsaturated/α-hetero) is 1. The summed E-state index contributed by atoms with van der Waals surface area (Å²) in [4.78, 5) is 28.7. The maximum atomic E-state index is 13.9. The van der Waals surface area contributed by atoms with Crippen molar-refractivity contribution in [3.63, 3.8) is 0 Å². The lowest BCUT2D eigenvalue weighted by Crippen LogP contribution is -2.49. The average molecular weight is 356 g/mol. The molecule has 0 radical (unpaired) electrons. The summed E-state index contributed by atoms with van der Waals surface area (Å²) in [6, 6.07) is 6.68. The van der Waals surface area contributed by atoms with Gasteiger partial charge in [0.2, 0.25) is 0 Å². The predicted octanol–water partition coefficient (Wildman–Crippen LogP) is 3.21. The molecule has 26 heavy (non-hydrogen) atoms. The van der Waals surface area contributed by atoms with E-state index < -0.39 is 0 Å². The lowest BCUT2D eigenvalue weighted by atomic mass is 9.94. The monoisotopic (exact) mass is 356 g/mol. The summed E-state index contributed by atoms with van der Waals surface area (Å²) in [5.41, 5.74) is 1.82. The van der Waals surface area contributed by atoms with Crippen LogP contribution in [0.2, 0.25) is 0 Å². The largest absolute Gasteiger partial charge is 0.455 e. The molecule has 0 saturated carbocycles. The van der Waals surface area contributed by atoms with Crippen molar-refractivity contribution in [1.29, 1.82) is 0 Å². The SMILES string of the molecule is Cc1c(C(=O)N2CCN(c3ccccc3F)CC2)oc2c1C(=O)CCC2. The molecule has 1 aliphatic heterocycles. The minimum Gasteiger partial charge on any atom is -0.455 e. The van der Waals surface area contributed by atoms with Gasteiger partial charge in [0.05, 0.1) is 11.3 Å². The van der Waals surface area contributed by atoms with E-state index in [-0.39, 0.29) is 23.3 Å². The van der Waals surface area contributed by atoms with Crippen LogP contribution in [0.5, 0.6) is 0 Å². The van der Waals surface area contributed by atoms with Crippen LogP contribution >= 0.6 is 0 Å². The Morgan fingerprint density at radius 3 is 2.54 bits per heavy atom. The zero-order valence-corrected chi connectivity index (χ0v) is 14.8. The fourth-order valence-corrected chi connectivity index (χ4v) is 3.85. The van der Waals surface area contributed by atoms with Gasteiger partial charge in [0.25, 0.3) is 5.91 Å². The van der Waals surface area contributed by atoms with Crippen LogP contribution in [-0.2, 0) is 6.42 Å². The maximum Gasteiger partial charge on any atom is 0.289 e. The molecule has 0 bridgehead atoms. The molecule has 1 aromatic carbocycles. The normalized spacial score (nSPS) is 17.4. The Bertz CT molecular complexity index is 866.